The molecule has 4 aromatic rings. The minimum Gasteiger partial charge on any atom is -0.398 e. The fraction of sp³-hybridized carbons (Fsp3) is 0. The SMILES string of the molecule is Nc1cccc2c(-c3cnc(N)c4cnccc34)nncc12. The number of nitrogens with zero attached hydrogens (tertiary/aromatic N) is 4. The van der Waals surface area contributed by atoms with Gasteiger partial charge in [-0.3, -0.25) is 4.98 Å². The molecule has 4 rings (SSSR count). The van der Waals surface area contributed by atoms with Crippen molar-refractivity contribution >= 4 is 33.1 Å². The van der Waals surface area contributed by atoms with Gasteiger partial charge in [0.05, 0.1) is 6.20 Å². The standard InChI is InChI=1S/C16H12N6/c17-14-3-1-2-10-11(14)8-21-22-15(10)12-7-20-16(18)13-6-19-5-4-9(12)13/h1-8H,17H2,(H2,18,20). The average Bonchev–Trinajstić information content (AvgIpc) is 2.56. The highest BCUT2D eigenvalue weighted by Crippen LogP contribution is 2.33. The van der Waals surface area contributed by atoms with Gasteiger partial charge in [0.2, 0.25) is 0 Å². The molecule has 6 nitrogen and oxygen atoms in total. The van der Waals surface area contributed by atoms with E-state index in [1.54, 1.807) is 24.8 Å². The lowest BCUT2D eigenvalue weighted by atomic mass is 10.0. The normalized spacial score (nSPS) is 11.1. The van der Waals surface area contributed by atoms with Crippen molar-refractivity contribution in [2.24, 2.45) is 0 Å². The molecule has 0 fully saturated rings. The zero-order valence-corrected chi connectivity index (χ0v) is 11.6. The van der Waals surface area contributed by atoms with Gasteiger partial charge in [0.1, 0.15) is 11.5 Å². The number of hydrogen-bond donors (Lipinski definition) is 2. The van der Waals surface area contributed by atoms with Crippen LogP contribution in [-0.2, 0) is 0 Å². The smallest absolute Gasteiger partial charge is 0.132 e. The first-order valence-corrected chi connectivity index (χ1v) is 6.74. The molecule has 0 bridgehead atoms. The second-order valence-corrected chi connectivity index (χ2v) is 4.98. The van der Waals surface area contributed by atoms with Crippen LogP contribution in [0.3, 0.4) is 0 Å². The van der Waals surface area contributed by atoms with Crippen molar-refractivity contribution in [2.45, 2.75) is 0 Å². The maximum atomic E-state index is 6.03. The van der Waals surface area contributed by atoms with Crippen molar-refractivity contribution in [1.29, 1.82) is 0 Å². The Bertz CT molecular complexity index is 975. The second-order valence-electron chi connectivity index (χ2n) is 4.98. The number of aromatic nitrogens is 4. The highest BCUT2D eigenvalue weighted by atomic mass is 15.1. The second kappa shape index (κ2) is 4.63. The quantitative estimate of drug-likeness (QED) is 0.521. The monoisotopic (exact) mass is 288 g/mol. The van der Waals surface area contributed by atoms with Crippen LogP contribution in [0.15, 0.2) is 49.1 Å². The van der Waals surface area contributed by atoms with Crippen LogP contribution in [-0.4, -0.2) is 20.2 Å². The molecule has 0 unspecified atom stereocenters. The fourth-order valence-corrected chi connectivity index (χ4v) is 2.63. The molecule has 3 heterocycles. The Balaban J connectivity index is 2.13. The summed E-state index contributed by atoms with van der Waals surface area (Å²) >= 11 is 0. The van der Waals surface area contributed by atoms with Crippen LogP contribution < -0.4 is 11.5 Å². The van der Waals surface area contributed by atoms with Gasteiger partial charge < -0.3 is 11.5 Å². The van der Waals surface area contributed by atoms with Crippen molar-refractivity contribution in [1.82, 2.24) is 20.2 Å². The van der Waals surface area contributed by atoms with E-state index in [0.29, 0.717) is 11.5 Å². The lowest BCUT2D eigenvalue weighted by Crippen LogP contribution is -1.97. The molecule has 3 aromatic heterocycles. The van der Waals surface area contributed by atoms with Crippen LogP contribution in [0.4, 0.5) is 11.5 Å². The number of anilines is 2. The maximum absolute atomic E-state index is 6.03. The molecule has 6 heteroatoms. The Morgan fingerprint density at radius 3 is 2.64 bits per heavy atom. The molecular weight excluding hydrogens is 276 g/mol. The van der Waals surface area contributed by atoms with Gasteiger partial charge in [-0.25, -0.2) is 4.98 Å². The molecular formula is C16H12N6. The van der Waals surface area contributed by atoms with Crippen molar-refractivity contribution < 1.29 is 0 Å². The van der Waals surface area contributed by atoms with E-state index < -0.39 is 0 Å². The van der Waals surface area contributed by atoms with Gasteiger partial charge in [0.15, 0.2) is 0 Å². The molecule has 0 atom stereocenters. The number of rotatable bonds is 1. The van der Waals surface area contributed by atoms with Gasteiger partial charge in [-0.15, -0.1) is 5.10 Å². The minimum absolute atomic E-state index is 0.444. The molecule has 22 heavy (non-hydrogen) atoms. The lowest BCUT2D eigenvalue weighted by Gasteiger charge is -2.10. The highest BCUT2D eigenvalue weighted by molar-refractivity contribution is 6.07. The zero-order valence-electron chi connectivity index (χ0n) is 11.6. The zero-order chi connectivity index (χ0) is 15.1. The molecule has 0 spiro atoms. The number of benzene rings is 1. The van der Waals surface area contributed by atoms with Gasteiger partial charge in [0.25, 0.3) is 0 Å². The summed E-state index contributed by atoms with van der Waals surface area (Å²) in [5.74, 6) is 0.444. The average molecular weight is 288 g/mol. The van der Waals surface area contributed by atoms with Crippen LogP contribution in [0.1, 0.15) is 0 Å². The summed E-state index contributed by atoms with van der Waals surface area (Å²) in [7, 11) is 0. The molecule has 0 saturated heterocycles. The van der Waals surface area contributed by atoms with E-state index in [1.807, 2.05) is 24.3 Å². The van der Waals surface area contributed by atoms with E-state index in [1.165, 1.54) is 0 Å². The molecule has 0 amide bonds. The first-order valence-electron chi connectivity index (χ1n) is 6.74. The Morgan fingerprint density at radius 2 is 1.73 bits per heavy atom. The number of nitrogens with two attached hydrogens (primary N) is 2. The van der Waals surface area contributed by atoms with Gasteiger partial charge in [-0.2, -0.15) is 5.10 Å². The van der Waals surface area contributed by atoms with Crippen LogP contribution >= 0.6 is 0 Å². The van der Waals surface area contributed by atoms with E-state index in [-0.39, 0.29) is 0 Å². The van der Waals surface area contributed by atoms with E-state index >= 15 is 0 Å². The number of fused-ring (bicyclic) bond motifs is 2. The lowest BCUT2D eigenvalue weighted by molar-refractivity contribution is 1.06. The third kappa shape index (κ3) is 1.74. The maximum Gasteiger partial charge on any atom is 0.132 e. The van der Waals surface area contributed by atoms with Crippen LogP contribution in [0.2, 0.25) is 0 Å². The van der Waals surface area contributed by atoms with Crippen LogP contribution in [0.5, 0.6) is 0 Å². The first kappa shape index (κ1) is 12.5. The third-order valence-corrected chi connectivity index (χ3v) is 3.71. The Hall–Kier alpha value is -3.28. The number of pyridine rings is 2. The van der Waals surface area contributed by atoms with Crippen LogP contribution in [0, 0.1) is 0 Å². The number of hydrogen-bond acceptors (Lipinski definition) is 6. The molecule has 0 saturated carbocycles. The summed E-state index contributed by atoms with van der Waals surface area (Å²) in [6.45, 7) is 0. The van der Waals surface area contributed by atoms with Crippen LogP contribution in [0.25, 0.3) is 32.8 Å². The Labute approximate surface area is 125 Å². The van der Waals surface area contributed by atoms with Gasteiger partial charge in [-0.1, -0.05) is 12.1 Å². The predicted octanol–water partition coefficient (Wildman–Crippen LogP) is 2.40. The Kier molecular flexibility index (Phi) is 2.62. The van der Waals surface area contributed by atoms with Crippen molar-refractivity contribution in [2.75, 3.05) is 11.5 Å². The highest BCUT2D eigenvalue weighted by Gasteiger charge is 2.13. The summed E-state index contributed by atoms with van der Waals surface area (Å²) in [6.07, 6.45) is 6.80. The van der Waals surface area contributed by atoms with Crippen molar-refractivity contribution in [3.8, 4) is 11.3 Å². The van der Waals surface area contributed by atoms with E-state index in [9.17, 15) is 0 Å². The van der Waals surface area contributed by atoms with Crippen molar-refractivity contribution in [3.63, 3.8) is 0 Å². The largest absolute Gasteiger partial charge is 0.398 e. The minimum atomic E-state index is 0.444. The molecule has 0 radical (unpaired) electrons. The molecule has 106 valence electrons. The van der Waals surface area contributed by atoms with Gasteiger partial charge in [-0.05, 0) is 17.5 Å². The number of nitrogen functional groups attached to an aromatic ring is 2. The third-order valence-electron chi connectivity index (χ3n) is 3.71. The fourth-order valence-electron chi connectivity index (χ4n) is 2.63. The predicted molar refractivity (Wildman–Crippen MR) is 86.9 cm³/mol. The summed E-state index contributed by atoms with van der Waals surface area (Å²) in [5.41, 5.74) is 14.2. The summed E-state index contributed by atoms with van der Waals surface area (Å²) in [6, 6.07) is 7.61. The summed E-state index contributed by atoms with van der Waals surface area (Å²) in [4.78, 5) is 8.36. The van der Waals surface area contributed by atoms with E-state index in [4.69, 9.17) is 11.5 Å². The molecule has 1 aromatic carbocycles. The summed E-state index contributed by atoms with van der Waals surface area (Å²) < 4.78 is 0. The molecule has 0 aliphatic heterocycles. The first-order chi connectivity index (χ1) is 10.8. The molecule has 4 N–H and O–H groups in total. The van der Waals surface area contributed by atoms with E-state index in [2.05, 4.69) is 20.2 Å². The topological polar surface area (TPSA) is 104 Å². The molecule has 0 aliphatic rings. The van der Waals surface area contributed by atoms with Gasteiger partial charge >= 0.3 is 0 Å². The Morgan fingerprint density at radius 1 is 0.818 bits per heavy atom. The summed E-state index contributed by atoms with van der Waals surface area (Å²) in [5, 5.41) is 11.9. The molecule has 0 aliphatic carbocycles. The van der Waals surface area contributed by atoms with E-state index in [0.717, 1.165) is 32.8 Å². The van der Waals surface area contributed by atoms with Gasteiger partial charge in [0, 0.05) is 46.0 Å². The van der Waals surface area contributed by atoms with Crippen molar-refractivity contribution in [3.05, 3.63) is 49.1 Å².